The third-order valence-corrected chi connectivity index (χ3v) is 4.72. The van der Waals surface area contributed by atoms with Crippen LogP contribution in [0.1, 0.15) is 17.0 Å². The number of anilines is 1. The van der Waals surface area contributed by atoms with Crippen molar-refractivity contribution in [1.82, 2.24) is 10.3 Å². The molecule has 2 aromatic carbocycles. The largest absolute Gasteiger partial charge is 0.355 e. The summed E-state index contributed by atoms with van der Waals surface area (Å²) < 4.78 is 1.14. The van der Waals surface area contributed by atoms with Crippen LogP contribution in [0, 0.1) is 6.92 Å². The number of hydrogen-bond donors (Lipinski definition) is 2. The number of nitrogens with zero attached hydrogens (tertiary/aromatic N) is 1. The van der Waals surface area contributed by atoms with E-state index in [0.717, 1.165) is 20.8 Å². The average molecular weight is 353 g/mol. The zero-order chi connectivity index (χ0) is 17.6. The zero-order valence-corrected chi connectivity index (χ0v) is 14.7. The Kier molecular flexibility index (Phi) is 5.40. The van der Waals surface area contributed by atoms with Gasteiger partial charge in [-0.1, -0.05) is 24.3 Å². The Bertz CT molecular complexity index is 871. The summed E-state index contributed by atoms with van der Waals surface area (Å²) >= 11 is 1.62. The summed E-state index contributed by atoms with van der Waals surface area (Å²) in [6.45, 7) is 2.42. The first-order valence-corrected chi connectivity index (χ1v) is 8.89. The summed E-state index contributed by atoms with van der Waals surface area (Å²) in [5.41, 5.74) is 2.73. The summed E-state index contributed by atoms with van der Waals surface area (Å²) in [6, 6.07) is 15.4. The lowest BCUT2D eigenvalue weighted by atomic mass is 10.2. The van der Waals surface area contributed by atoms with E-state index in [1.54, 1.807) is 17.4 Å². The van der Waals surface area contributed by atoms with Gasteiger partial charge in [0.2, 0.25) is 11.8 Å². The Morgan fingerprint density at radius 3 is 2.72 bits per heavy atom. The van der Waals surface area contributed by atoms with Crippen molar-refractivity contribution in [1.29, 1.82) is 0 Å². The molecule has 0 bridgehead atoms. The average Bonchev–Trinajstić information content (AvgIpc) is 2.97. The molecule has 128 valence electrons. The Labute approximate surface area is 150 Å². The van der Waals surface area contributed by atoms with E-state index in [1.165, 1.54) is 0 Å². The molecule has 0 atom stereocenters. The fourth-order valence-corrected chi connectivity index (χ4v) is 3.44. The van der Waals surface area contributed by atoms with E-state index in [4.69, 9.17) is 0 Å². The van der Waals surface area contributed by atoms with Gasteiger partial charge in [-0.25, -0.2) is 4.98 Å². The van der Waals surface area contributed by atoms with Crippen LogP contribution in [0.3, 0.4) is 0 Å². The minimum Gasteiger partial charge on any atom is -0.355 e. The lowest BCUT2D eigenvalue weighted by Gasteiger charge is -2.06. The van der Waals surface area contributed by atoms with E-state index >= 15 is 0 Å². The van der Waals surface area contributed by atoms with Crippen LogP contribution in [-0.2, 0) is 16.0 Å². The van der Waals surface area contributed by atoms with Crippen LogP contribution in [-0.4, -0.2) is 23.3 Å². The summed E-state index contributed by atoms with van der Waals surface area (Å²) in [4.78, 5) is 28.3. The van der Waals surface area contributed by atoms with Gasteiger partial charge in [-0.3, -0.25) is 9.59 Å². The van der Waals surface area contributed by atoms with Gasteiger partial charge in [-0.05, 0) is 36.8 Å². The third-order valence-electron chi connectivity index (χ3n) is 3.62. The number of nitrogens with one attached hydrogen (secondary N) is 2. The third kappa shape index (κ3) is 4.87. The number of aryl methyl sites for hydroxylation is 1. The zero-order valence-electron chi connectivity index (χ0n) is 13.9. The van der Waals surface area contributed by atoms with E-state index in [2.05, 4.69) is 15.6 Å². The molecule has 0 saturated heterocycles. The summed E-state index contributed by atoms with van der Waals surface area (Å²) in [6.07, 6.45) is 0.471. The van der Waals surface area contributed by atoms with Gasteiger partial charge in [0.05, 0.1) is 15.2 Å². The van der Waals surface area contributed by atoms with Gasteiger partial charge in [0, 0.05) is 18.7 Å². The van der Waals surface area contributed by atoms with Gasteiger partial charge >= 0.3 is 0 Å². The number of hydrogen-bond acceptors (Lipinski definition) is 4. The smallest absolute Gasteiger partial charge is 0.233 e. The number of benzene rings is 2. The first-order valence-electron chi connectivity index (χ1n) is 8.08. The SMILES string of the molecule is Cc1cccc(NC(=O)CC(=O)NCCc2nc3ccccc3s2)c1. The summed E-state index contributed by atoms with van der Waals surface area (Å²) in [5.74, 6) is -0.602. The van der Waals surface area contributed by atoms with Gasteiger partial charge in [0.25, 0.3) is 0 Å². The normalized spacial score (nSPS) is 10.6. The maximum Gasteiger partial charge on any atom is 0.233 e. The highest BCUT2D eigenvalue weighted by molar-refractivity contribution is 7.18. The number of thiazole rings is 1. The van der Waals surface area contributed by atoms with Crippen molar-refractivity contribution in [2.75, 3.05) is 11.9 Å². The van der Waals surface area contributed by atoms with Crippen LogP contribution in [0.15, 0.2) is 48.5 Å². The minimum atomic E-state index is -0.317. The van der Waals surface area contributed by atoms with E-state index in [0.29, 0.717) is 18.7 Å². The predicted molar refractivity (Wildman–Crippen MR) is 101 cm³/mol. The molecule has 0 saturated carbocycles. The molecule has 3 rings (SSSR count). The monoisotopic (exact) mass is 353 g/mol. The molecule has 1 heterocycles. The van der Waals surface area contributed by atoms with Crippen LogP contribution < -0.4 is 10.6 Å². The van der Waals surface area contributed by atoms with Crippen LogP contribution in [0.4, 0.5) is 5.69 Å². The molecular weight excluding hydrogens is 334 g/mol. The Balaban J connectivity index is 1.43. The topological polar surface area (TPSA) is 71.1 Å². The Morgan fingerprint density at radius 1 is 1.08 bits per heavy atom. The summed E-state index contributed by atoms with van der Waals surface area (Å²) in [5, 5.41) is 6.48. The second kappa shape index (κ2) is 7.90. The number of rotatable bonds is 6. The van der Waals surface area contributed by atoms with E-state index in [1.807, 2.05) is 49.4 Å². The van der Waals surface area contributed by atoms with E-state index in [9.17, 15) is 9.59 Å². The minimum absolute atomic E-state index is 0.187. The predicted octanol–water partition coefficient (Wildman–Crippen LogP) is 3.29. The molecule has 0 spiro atoms. The number of amides is 2. The maximum absolute atomic E-state index is 11.9. The van der Waals surface area contributed by atoms with E-state index < -0.39 is 0 Å². The second-order valence-corrected chi connectivity index (χ2v) is 6.88. The molecule has 2 N–H and O–H groups in total. The standard InChI is InChI=1S/C19H19N3O2S/c1-13-5-4-6-14(11-13)21-18(24)12-17(23)20-10-9-19-22-15-7-2-3-8-16(15)25-19/h2-8,11H,9-10,12H2,1H3,(H,20,23)(H,21,24). The number of carbonyl (C=O) groups is 2. The number of aromatic nitrogens is 1. The van der Waals surface area contributed by atoms with Crippen molar-refractivity contribution in [2.24, 2.45) is 0 Å². The maximum atomic E-state index is 11.9. The van der Waals surface area contributed by atoms with Gasteiger partial charge < -0.3 is 10.6 Å². The molecule has 1 aromatic heterocycles. The summed E-state index contributed by atoms with van der Waals surface area (Å²) in [7, 11) is 0. The van der Waals surface area contributed by atoms with Crippen molar-refractivity contribution >= 4 is 39.1 Å². The molecule has 25 heavy (non-hydrogen) atoms. The van der Waals surface area contributed by atoms with Gasteiger partial charge in [0.1, 0.15) is 6.42 Å². The molecule has 0 unspecified atom stereocenters. The van der Waals surface area contributed by atoms with Crippen molar-refractivity contribution in [3.63, 3.8) is 0 Å². The first kappa shape index (κ1) is 17.1. The van der Waals surface area contributed by atoms with Crippen molar-refractivity contribution < 1.29 is 9.59 Å². The molecule has 6 heteroatoms. The molecule has 5 nitrogen and oxygen atoms in total. The van der Waals surface area contributed by atoms with Crippen LogP contribution in [0.25, 0.3) is 10.2 Å². The molecule has 0 radical (unpaired) electrons. The highest BCUT2D eigenvalue weighted by Crippen LogP contribution is 2.21. The first-order chi connectivity index (χ1) is 12.1. The number of carbonyl (C=O) groups excluding carboxylic acids is 2. The van der Waals surface area contributed by atoms with E-state index in [-0.39, 0.29) is 18.2 Å². The Hall–Kier alpha value is -2.73. The molecular formula is C19H19N3O2S. The quantitative estimate of drug-likeness (QED) is 0.668. The molecule has 3 aromatic rings. The molecule has 0 fully saturated rings. The molecule has 0 aliphatic rings. The van der Waals surface area contributed by atoms with Gasteiger partial charge in [-0.2, -0.15) is 0 Å². The highest BCUT2D eigenvalue weighted by atomic mass is 32.1. The lowest BCUT2D eigenvalue weighted by molar-refractivity contribution is -0.126. The lowest BCUT2D eigenvalue weighted by Crippen LogP contribution is -2.29. The highest BCUT2D eigenvalue weighted by Gasteiger charge is 2.10. The van der Waals surface area contributed by atoms with Crippen LogP contribution >= 0.6 is 11.3 Å². The van der Waals surface area contributed by atoms with Crippen LogP contribution in [0.5, 0.6) is 0 Å². The van der Waals surface area contributed by atoms with Gasteiger partial charge in [0.15, 0.2) is 0 Å². The van der Waals surface area contributed by atoms with Gasteiger partial charge in [-0.15, -0.1) is 11.3 Å². The molecule has 2 amide bonds. The van der Waals surface area contributed by atoms with Crippen molar-refractivity contribution in [2.45, 2.75) is 19.8 Å². The fourth-order valence-electron chi connectivity index (χ4n) is 2.47. The number of para-hydroxylation sites is 1. The second-order valence-electron chi connectivity index (χ2n) is 5.77. The molecule has 0 aliphatic carbocycles. The fraction of sp³-hybridized carbons (Fsp3) is 0.211. The molecule has 0 aliphatic heterocycles. The van der Waals surface area contributed by atoms with Crippen LogP contribution in [0.2, 0.25) is 0 Å². The van der Waals surface area contributed by atoms with Crippen molar-refractivity contribution in [3.8, 4) is 0 Å². The Morgan fingerprint density at radius 2 is 1.92 bits per heavy atom. The van der Waals surface area contributed by atoms with Crippen molar-refractivity contribution in [3.05, 3.63) is 59.1 Å². The number of fused-ring (bicyclic) bond motifs is 1.